The number of hydrogen-bond acceptors (Lipinski definition) is 6. The number of nitrogens with zero attached hydrogens (tertiary/aromatic N) is 3. The van der Waals surface area contributed by atoms with E-state index in [1.54, 1.807) is 4.68 Å². The summed E-state index contributed by atoms with van der Waals surface area (Å²) >= 11 is 0. The van der Waals surface area contributed by atoms with Crippen LogP contribution in [0.15, 0.2) is 108 Å². The molecular formula is C44H51N5O4SSi. The monoisotopic (exact) mass is 773 g/mol. The third-order valence-corrected chi connectivity index (χ3v) is 18.5. The van der Waals surface area contributed by atoms with Gasteiger partial charge in [-0.25, -0.2) is 22.8 Å². The van der Waals surface area contributed by atoms with E-state index in [2.05, 4.69) is 50.3 Å². The van der Waals surface area contributed by atoms with Gasteiger partial charge in [0.1, 0.15) is 16.5 Å². The van der Waals surface area contributed by atoms with Gasteiger partial charge in [0.05, 0.1) is 19.3 Å². The maximum Gasteiger partial charge on any atom is 0.336 e. The highest BCUT2D eigenvalue weighted by Crippen LogP contribution is 2.48. The first-order valence-electron chi connectivity index (χ1n) is 19.4. The fourth-order valence-corrected chi connectivity index (χ4v) is 11.2. The smallest absolute Gasteiger partial charge is 0.336 e. The third kappa shape index (κ3) is 6.39. The van der Waals surface area contributed by atoms with E-state index in [0.29, 0.717) is 29.8 Å². The molecule has 11 heteroatoms. The Labute approximate surface area is 326 Å². The highest BCUT2D eigenvalue weighted by molar-refractivity contribution is 7.90. The molecule has 0 saturated carbocycles. The van der Waals surface area contributed by atoms with Crippen LogP contribution in [0.25, 0.3) is 0 Å². The van der Waals surface area contributed by atoms with Gasteiger partial charge in [-0.1, -0.05) is 118 Å². The summed E-state index contributed by atoms with van der Waals surface area (Å²) in [6.45, 7) is 11.7. The lowest BCUT2D eigenvalue weighted by Gasteiger charge is -2.45. The molecule has 2 heterocycles. The van der Waals surface area contributed by atoms with Gasteiger partial charge in [0.15, 0.2) is 18.2 Å². The van der Waals surface area contributed by atoms with Crippen LogP contribution in [0, 0.1) is 4.78 Å². The third-order valence-electron chi connectivity index (χ3n) is 12.2. The number of fused-ring (bicyclic) bond motifs is 3. The standard InChI is InChI=1S/C44H51N5O4SSi/c1-43(2,3)55(4,5)52-30-36-29-48-41(53-36)39(28-46-48)54(45,51)49(42(50)47-40-37-25-15-17-31(37)27-32-18-16-26-38(32)40)44(33-19-9-6-10-20-33,34-21-11-7-12-22-34)35-23-13-8-14-24-35/h6-14,19-24,27-28,36,45H,15-18,25-26,29-30H2,1-5H3,(H,47,50). The molecule has 9 nitrogen and oxygen atoms in total. The maximum atomic E-state index is 16.1. The summed E-state index contributed by atoms with van der Waals surface area (Å²) in [6.07, 6.45) is 6.74. The molecule has 2 unspecified atom stereocenters. The van der Waals surface area contributed by atoms with Crippen molar-refractivity contribution in [2.75, 3.05) is 11.9 Å². The van der Waals surface area contributed by atoms with E-state index in [1.165, 1.54) is 21.6 Å². The molecule has 1 aromatic heterocycles. The average Bonchev–Trinajstić information content (AvgIpc) is 3.99. The lowest BCUT2D eigenvalue weighted by Crippen LogP contribution is -2.55. The number of aryl methyl sites for hydroxylation is 2. The predicted octanol–water partition coefficient (Wildman–Crippen LogP) is 9.49. The van der Waals surface area contributed by atoms with Gasteiger partial charge < -0.3 is 14.5 Å². The Bertz CT molecular complexity index is 2190. The molecule has 0 saturated heterocycles. The van der Waals surface area contributed by atoms with E-state index in [9.17, 15) is 4.78 Å². The van der Waals surface area contributed by atoms with Crippen LogP contribution in [0.5, 0.6) is 5.88 Å². The second-order valence-electron chi connectivity index (χ2n) is 16.6. The topological polar surface area (TPSA) is 110 Å². The molecule has 3 aliphatic rings. The molecule has 0 fully saturated rings. The molecule has 0 radical (unpaired) electrons. The van der Waals surface area contributed by atoms with Crippen LogP contribution in [0.4, 0.5) is 10.5 Å². The molecule has 2 N–H and O–H groups in total. The number of aromatic nitrogens is 2. The van der Waals surface area contributed by atoms with E-state index in [0.717, 1.165) is 55.3 Å². The SMILES string of the molecule is CC(C)(C)[Si](C)(C)OCC1Cn2ncc(S(=N)(=O)N(C(=O)Nc3c4c(cc5c3CCC5)CCC4)C(c3ccccc3)(c3ccccc3)c3ccccc3)c2O1. The van der Waals surface area contributed by atoms with E-state index in [-0.39, 0.29) is 21.9 Å². The lowest BCUT2D eigenvalue weighted by molar-refractivity contribution is 0.135. The Hall–Kier alpha value is -4.71. The largest absolute Gasteiger partial charge is 0.469 e. The minimum Gasteiger partial charge on any atom is -0.469 e. The molecule has 1 aliphatic heterocycles. The number of urea groups is 1. The van der Waals surface area contributed by atoms with Crippen LogP contribution in [0.2, 0.25) is 18.1 Å². The normalized spacial score (nSPS) is 17.5. The number of anilines is 1. The Morgan fingerprint density at radius 1 is 0.891 bits per heavy atom. The van der Waals surface area contributed by atoms with Crippen molar-refractivity contribution in [1.29, 1.82) is 4.78 Å². The van der Waals surface area contributed by atoms with E-state index in [4.69, 9.17) is 9.16 Å². The Balaban J connectivity index is 1.31. The number of carbonyl (C=O) groups is 1. The van der Waals surface area contributed by atoms with Gasteiger partial charge in [0, 0.05) is 5.69 Å². The zero-order chi connectivity index (χ0) is 38.6. The Morgan fingerprint density at radius 3 is 1.89 bits per heavy atom. The minimum absolute atomic E-state index is 0.0162. The van der Waals surface area contributed by atoms with Crippen molar-refractivity contribution >= 4 is 30.0 Å². The van der Waals surface area contributed by atoms with Crippen molar-refractivity contribution in [2.45, 2.75) is 101 Å². The first-order valence-corrected chi connectivity index (χ1v) is 23.8. The van der Waals surface area contributed by atoms with Crippen LogP contribution in [0.1, 0.15) is 72.6 Å². The minimum atomic E-state index is -4.24. The van der Waals surface area contributed by atoms with Crippen molar-refractivity contribution in [3.05, 3.63) is 142 Å². The molecule has 0 bridgehead atoms. The van der Waals surface area contributed by atoms with E-state index in [1.807, 2.05) is 91.0 Å². The molecule has 2 amide bonds. The first-order chi connectivity index (χ1) is 26.3. The van der Waals surface area contributed by atoms with E-state index >= 15 is 9.00 Å². The van der Waals surface area contributed by atoms with Crippen LogP contribution < -0.4 is 10.1 Å². The van der Waals surface area contributed by atoms with Crippen molar-refractivity contribution in [3.8, 4) is 5.88 Å². The summed E-state index contributed by atoms with van der Waals surface area (Å²) in [6, 6.07) is 30.7. The molecule has 5 aromatic rings. The quantitative estimate of drug-likeness (QED) is 0.109. The first kappa shape index (κ1) is 37.2. The van der Waals surface area contributed by atoms with Gasteiger partial charge >= 0.3 is 6.03 Å². The number of hydrogen-bond donors (Lipinski definition) is 2. The van der Waals surface area contributed by atoms with Crippen molar-refractivity contribution in [2.24, 2.45) is 0 Å². The van der Waals surface area contributed by atoms with Gasteiger partial charge in [-0.15, -0.1) is 0 Å². The Morgan fingerprint density at radius 2 is 1.40 bits per heavy atom. The van der Waals surface area contributed by atoms with Crippen molar-refractivity contribution in [1.82, 2.24) is 14.1 Å². The number of rotatable bonds is 10. The second kappa shape index (κ2) is 14.1. The molecule has 286 valence electrons. The molecule has 2 atom stereocenters. The molecule has 55 heavy (non-hydrogen) atoms. The number of ether oxygens (including phenoxy) is 1. The number of benzene rings is 4. The van der Waals surface area contributed by atoms with Crippen molar-refractivity contribution < 1.29 is 18.2 Å². The average molecular weight is 774 g/mol. The lowest BCUT2D eigenvalue weighted by atomic mass is 9.77. The zero-order valence-corrected chi connectivity index (χ0v) is 34.2. The highest BCUT2D eigenvalue weighted by atomic mass is 32.2. The maximum absolute atomic E-state index is 16.1. The van der Waals surface area contributed by atoms with Gasteiger partial charge in [-0.3, -0.25) is 0 Å². The highest BCUT2D eigenvalue weighted by Gasteiger charge is 2.52. The summed E-state index contributed by atoms with van der Waals surface area (Å²) < 4.78 is 42.3. The van der Waals surface area contributed by atoms with Crippen molar-refractivity contribution in [3.63, 3.8) is 0 Å². The van der Waals surface area contributed by atoms with Gasteiger partial charge in [-0.05, 0) is 95.6 Å². The fraction of sp³-hybridized carbons (Fsp3) is 0.364. The van der Waals surface area contributed by atoms with Crippen LogP contribution in [-0.4, -0.2) is 45.4 Å². The summed E-state index contributed by atoms with van der Waals surface area (Å²) in [5.74, 6) is 0.228. The summed E-state index contributed by atoms with van der Waals surface area (Å²) in [5.41, 5.74) is 6.20. The molecule has 2 aliphatic carbocycles. The Kier molecular flexibility index (Phi) is 9.54. The summed E-state index contributed by atoms with van der Waals surface area (Å²) in [5, 5.41) is 7.99. The second-order valence-corrected chi connectivity index (χ2v) is 23.3. The molecular weight excluding hydrogens is 723 g/mol. The predicted molar refractivity (Wildman–Crippen MR) is 219 cm³/mol. The number of nitrogens with one attached hydrogen (secondary N) is 2. The van der Waals surface area contributed by atoms with Crippen LogP contribution in [0.3, 0.4) is 0 Å². The van der Waals surface area contributed by atoms with Gasteiger partial charge in [0.25, 0.3) is 0 Å². The zero-order valence-electron chi connectivity index (χ0n) is 32.4. The fourth-order valence-electron chi connectivity index (χ4n) is 8.36. The molecule has 0 spiro atoms. The number of amides is 2. The molecule has 4 aromatic carbocycles. The summed E-state index contributed by atoms with van der Waals surface area (Å²) in [4.78, 5) is 15.8. The summed E-state index contributed by atoms with van der Waals surface area (Å²) in [7, 11) is -6.33. The van der Waals surface area contributed by atoms with Crippen LogP contribution >= 0.6 is 0 Å². The van der Waals surface area contributed by atoms with Crippen LogP contribution in [-0.2, 0) is 52.1 Å². The number of carbonyl (C=O) groups excluding carboxylic acids is 1. The van der Waals surface area contributed by atoms with Gasteiger partial charge in [-0.2, -0.15) is 5.10 Å². The van der Waals surface area contributed by atoms with Gasteiger partial charge in [0.2, 0.25) is 5.88 Å². The molecule has 8 rings (SSSR count). The van der Waals surface area contributed by atoms with E-state index < -0.39 is 29.8 Å².